The van der Waals surface area contributed by atoms with E-state index in [9.17, 15) is 0 Å². The molecule has 4 heteroatoms. The molecule has 1 aromatic carbocycles. The van der Waals surface area contributed by atoms with E-state index in [1.807, 2.05) is 18.2 Å². The first-order valence-corrected chi connectivity index (χ1v) is 8.31. The van der Waals surface area contributed by atoms with Crippen LogP contribution in [0.1, 0.15) is 38.2 Å². The molecule has 0 spiro atoms. The van der Waals surface area contributed by atoms with Crippen molar-refractivity contribution in [3.8, 4) is 0 Å². The molecule has 0 radical (unpaired) electrons. The van der Waals surface area contributed by atoms with E-state index in [-0.39, 0.29) is 12.4 Å². The lowest BCUT2D eigenvalue weighted by Gasteiger charge is -2.22. The molecule has 22 heavy (non-hydrogen) atoms. The predicted octanol–water partition coefficient (Wildman–Crippen LogP) is 3.54. The van der Waals surface area contributed by atoms with Crippen molar-refractivity contribution >= 4 is 0 Å². The minimum atomic E-state index is -0.0227. The summed E-state index contributed by atoms with van der Waals surface area (Å²) in [5.41, 5.74) is 1.20. The Bertz CT molecular complexity index is 376. The number of rotatable bonds is 10. The van der Waals surface area contributed by atoms with Gasteiger partial charge in [0.15, 0.2) is 6.29 Å². The van der Waals surface area contributed by atoms with Crippen LogP contribution in [0.25, 0.3) is 0 Å². The van der Waals surface area contributed by atoms with Gasteiger partial charge in [0.2, 0.25) is 0 Å². The second kappa shape index (κ2) is 10.7. The zero-order chi connectivity index (χ0) is 15.5. The molecule has 4 nitrogen and oxygen atoms in total. The maximum Gasteiger partial charge on any atom is 0.157 e. The Morgan fingerprint density at radius 1 is 1.14 bits per heavy atom. The number of ether oxygens (including phenoxy) is 4. The van der Waals surface area contributed by atoms with Crippen molar-refractivity contribution in [2.75, 3.05) is 26.4 Å². The molecule has 0 N–H and O–H groups in total. The highest BCUT2D eigenvalue weighted by atomic mass is 16.7. The van der Waals surface area contributed by atoms with E-state index in [1.54, 1.807) is 0 Å². The van der Waals surface area contributed by atoms with Gasteiger partial charge in [-0.25, -0.2) is 0 Å². The minimum absolute atomic E-state index is 0.0227. The van der Waals surface area contributed by atoms with E-state index in [0.29, 0.717) is 26.4 Å². The molecule has 0 aromatic heterocycles. The Morgan fingerprint density at radius 3 is 2.77 bits per heavy atom. The standard InChI is InChI=1S/C18H28O4/c1-16(22-15-17-7-3-2-4-8-17)10-12-19-13-14-21-18-9-5-6-11-20-18/h2-4,7-8,16,18H,5-6,9-15H2,1H3. The average Bonchev–Trinajstić information content (AvgIpc) is 2.58. The molecule has 0 bridgehead atoms. The fraction of sp³-hybridized carbons (Fsp3) is 0.667. The third kappa shape index (κ3) is 7.36. The molecule has 0 aliphatic carbocycles. The van der Waals surface area contributed by atoms with Gasteiger partial charge in [-0.2, -0.15) is 0 Å². The van der Waals surface area contributed by atoms with Gasteiger partial charge in [-0.05, 0) is 38.2 Å². The van der Waals surface area contributed by atoms with Crippen LogP contribution in [0, 0.1) is 0 Å². The summed E-state index contributed by atoms with van der Waals surface area (Å²) in [5, 5.41) is 0. The SMILES string of the molecule is CC(CCOCCOC1CCCCO1)OCc1ccccc1. The third-order valence-electron chi connectivity index (χ3n) is 3.72. The first kappa shape index (κ1) is 17.4. The number of hydrogen-bond donors (Lipinski definition) is 0. The highest BCUT2D eigenvalue weighted by molar-refractivity contribution is 5.13. The Balaban J connectivity index is 1.42. The monoisotopic (exact) mass is 308 g/mol. The molecule has 0 saturated carbocycles. The van der Waals surface area contributed by atoms with Crippen molar-refractivity contribution in [2.45, 2.75) is 51.6 Å². The van der Waals surface area contributed by atoms with E-state index in [4.69, 9.17) is 18.9 Å². The van der Waals surface area contributed by atoms with Crippen LogP contribution < -0.4 is 0 Å². The topological polar surface area (TPSA) is 36.9 Å². The lowest BCUT2D eigenvalue weighted by molar-refractivity contribution is -0.169. The summed E-state index contributed by atoms with van der Waals surface area (Å²) in [4.78, 5) is 0. The summed E-state index contributed by atoms with van der Waals surface area (Å²) < 4.78 is 22.5. The van der Waals surface area contributed by atoms with Crippen LogP contribution in [0.4, 0.5) is 0 Å². The van der Waals surface area contributed by atoms with Gasteiger partial charge in [0.1, 0.15) is 0 Å². The first-order chi connectivity index (χ1) is 10.8. The van der Waals surface area contributed by atoms with E-state index < -0.39 is 0 Å². The van der Waals surface area contributed by atoms with Crippen molar-refractivity contribution in [1.82, 2.24) is 0 Å². The van der Waals surface area contributed by atoms with E-state index in [2.05, 4.69) is 19.1 Å². The largest absolute Gasteiger partial charge is 0.379 e. The first-order valence-electron chi connectivity index (χ1n) is 8.31. The lowest BCUT2D eigenvalue weighted by Crippen LogP contribution is -2.24. The van der Waals surface area contributed by atoms with Crippen molar-refractivity contribution < 1.29 is 18.9 Å². The van der Waals surface area contributed by atoms with Gasteiger partial charge < -0.3 is 18.9 Å². The van der Waals surface area contributed by atoms with Crippen molar-refractivity contribution in [3.05, 3.63) is 35.9 Å². The van der Waals surface area contributed by atoms with E-state index in [0.717, 1.165) is 25.9 Å². The molecule has 1 saturated heterocycles. The van der Waals surface area contributed by atoms with Gasteiger partial charge in [0.25, 0.3) is 0 Å². The summed E-state index contributed by atoms with van der Waals surface area (Å²) in [5.74, 6) is 0. The average molecular weight is 308 g/mol. The molecule has 2 atom stereocenters. The maximum atomic E-state index is 5.80. The van der Waals surface area contributed by atoms with Crippen LogP contribution in [0.2, 0.25) is 0 Å². The summed E-state index contributed by atoms with van der Waals surface area (Å²) in [6, 6.07) is 10.2. The van der Waals surface area contributed by atoms with Gasteiger partial charge >= 0.3 is 0 Å². The zero-order valence-corrected chi connectivity index (χ0v) is 13.5. The lowest BCUT2D eigenvalue weighted by atomic mass is 10.2. The number of hydrogen-bond acceptors (Lipinski definition) is 4. The summed E-state index contributed by atoms with van der Waals surface area (Å²) in [7, 11) is 0. The molecule has 0 amide bonds. The fourth-order valence-corrected chi connectivity index (χ4v) is 2.33. The molecule has 1 aliphatic rings. The minimum Gasteiger partial charge on any atom is -0.379 e. The Kier molecular flexibility index (Phi) is 8.49. The third-order valence-corrected chi connectivity index (χ3v) is 3.72. The summed E-state index contributed by atoms with van der Waals surface area (Å²) >= 11 is 0. The highest BCUT2D eigenvalue weighted by Gasteiger charge is 2.13. The van der Waals surface area contributed by atoms with Crippen LogP contribution >= 0.6 is 0 Å². The summed E-state index contributed by atoms with van der Waals surface area (Å²) in [6.07, 6.45) is 4.42. The van der Waals surface area contributed by atoms with Gasteiger partial charge in [-0.3, -0.25) is 0 Å². The van der Waals surface area contributed by atoms with Crippen LogP contribution in [0.15, 0.2) is 30.3 Å². The van der Waals surface area contributed by atoms with Crippen molar-refractivity contribution in [1.29, 1.82) is 0 Å². The second-order valence-electron chi connectivity index (χ2n) is 5.68. The Morgan fingerprint density at radius 2 is 2.00 bits per heavy atom. The molecule has 1 aliphatic heterocycles. The Labute approximate surface area is 133 Å². The fourth-order valence-electron chi connectivity index (χ4n) is 2.33. The van der Waals surface area contributed by atoms with Crippen LogP contribution in [0.5, 0.6) is 0 Å². The summed E-state index contributed by atoms with van der Waals surface area (Å²) in [6.45, 7) is 5.48. The molecule has 124 valence electrons. The van der Waals surface area contributed by atoms with Gasteiger partial charge in [-0.1, -0.05) is 30.3 Å². The normalized spacial score (nSPS) is 20.0. The molecule has 2 unspecified atom stereocenters. The molecule has 2 rings (SSSR count). The highest BCUT2D eigenvalue weighted by Crippen LogP contribution is 2.13. The van der Waals surface area contributed by atoms with Crippen LogP contribution in [-0.4, -0.2) is 38.8 Å². The predicted molar refractivity (Wildman–Crippen MR) is 85.7 cm³/mol. The van der Waals surface area contributed by atoms with Crippen molar-refractivity contribution in [2.24, 2.45) is 0 Å². The second-order valence-corrected chi connectivity index (χ2v) is 5.68. The molecular formula is C18H28O4. The smallest absolute Gasteiger partial charge is 0.157 e. The van der Waals surface area contributed by atoms with Crippen molar-refractivity contribution in [3.63, 3.8) is 0 Å². The molecule has 1 aromatic rings. The van der Waals surface area contributed by atoms with Crippen LogP contribution in [0.3, 0.4) is 0 Å². The van der Waals surface area contributed by atoms with Crippen LogP contribution in [-0.2, 0) is 25.6 Å². The maximum absolute atomic E-state index is 5.80. The molecule has 1 fully saturated rings. The quantitative estimate of drug-likeness (QED) is 0.620. The number of benzene rings is 1. The Hall–Kier alpha value is -0.940. The van der Waals surface area contributed by atoms with Gasteiger partial charge in [-0.15, -0.1) is 0 Å². The molecule has 1 heterocycles. The van der Waals surface area contributed by atoms with Gasteiger partial charge in [0.05, 0.1) is 25.9 Å². The van der Waals surface area contributed by atoms with E-state index in [1.165, 1.54) is 12.0 Å². The van der Waals surface area contributed by atoms with Gasteiger partial charge in [0, 0.05) is 13.2 Å². The molecular weight excluding hydrogens is 280 g/mol. The zero-order valence-electron chi connectivity index (χ0n) is 13.5. The van der Waals surface area contributed by atoms with E-state index >= 15 is 0 Å².